The van der Waals surface area contributed by atoms with Crippen LogP contribution in [0.5, 0.6) is 0 Å². The summed E-state index contributed by atoms with van der Waals surface area (Å²) < 4.78 is 10.5. The summed E-state index contributed by atoms with van der Waals surface area (Å²) in [5.41, 5.74) is 0. The molecule has 0 spiro atoms. The van der Waals surface area contributed by atoms with Crippen LogP contribution < -0.4 is 0 Å². The van der Waals surface area contributed by atoms with Gasteiger partial charge in [-0.3, -0.25) is 9.59 Å². The van der Waals surface area contributed by atoms with Gasteiger partial charge in [-0.25, -0.2) is 0 Å². The lowest BCUT2D eigenvalue weighted by molar-refractivity contribution is -0.145. The second-order valence-corrected chi connectivity index (χ2v) is 15.6. The summed E-state index contributed by atoms with van der Waals surface area (Å²) in [6.07, 6.45) is 4.03. The lowest BCUT2D eigenvalue weighted by Gasteiger charge is -2.04. The van der Waals surface area contributed by atoms with Gasteiger partial charge in [0, 0.05) is 54.9 Å². The first kappa shape index (κ1) is 33.7. The standard InChI is InChI=1S/C36H38O4S4/c1-25(2)23-35(37)39-21-7-5-9-27-13-17-31(41-27)33-19-15-29(43-33)11-12-30-16-20-34(44-30)32-18-14-28(42-32)10-6-8-22-40-36(38)24-26(3)4/h13-20,25-26H,7-8,11-12,21-24H2,1-4H3. The van der Waals surface area contributed by atoms with Crippen molar-refractivity contribution in [2.45, 2.75) is 66.2 Å². The Morgan fingerprint density at radius 1 is 0.591 bits per heavy atom. The Morgan fingerprint density at radius 2 is 0.977 bits per heavy atom. The van der Waals surface area contributed by atoms with E-state index in [0.29, 0.717) is 50.7 Å². The Morgan fingerprint density at radius 3 is 1.39 bits per heavy atom. The summed E-state index contributed by atoms with van der Waals surface area (Å²) in [5.74, 6) is 13.0. The van der Waals surface area contributed by atoms with E-state index < -0.39 is 0 Å². The quantitative estimate of drug-likeness (QED) is 0.0813. The summed E-state index contributed by atoms with van der Waals surface area (Å²) in [6.45, 7) is 8.72. The Hall–Kier alpha value is -3.14. The molecule has 0 bridgehead atoms. The highest BCUT2D eigenvalue weighted by atomic mass is 32.1. The minimum atomic E-state index is -0.151. The number of ether oxygens (including phenoxy) is 2. The zero-order valence-electron chi connectivity index (χ0n) is 25.7. The first-order valence-electron chi connectivity index (χ1n) is 14.9. The number of aryl methyl sites for hydroxylation is 2. The average Bonchev–Trinajstić information content (AvgIpc) is 3.78. The van der Waals surface area contributed by atoms with Crippen LogP contribution in [0.25, 0.3) is 19.5 Å². The monoisotopic (exact) mass is 662 g/mol. The van der Waals surface area contributed by atoms with E-state index in [1.807, 2.05) is 50.4 Å². The Kier molecular flexibility index (Phi) is 13.3. The highest BCUT2D eigenvalue weighted by Crippen LogP contribution is 2.36. The third-order valence-corrected chi connectivity index (χ3v) is 10.9. The Labute approximate surface area is 277 Å². The molecule has 0 fully saturated rings. The predicted octanol–water partition coefficient (Wildman–Crippen LogP) is 9.71. The van der Waals surface area contributed by atoms with E-state index in [-0.39, 0.29) is 11.9 Å². The second kappa shape index (κ2) is 17.4. The van der Waals surface area contributed by atoms with Crippen LogP contribution in [0.4, 0.5) is 0 Å². The van der Waals surface area contributed by atoms with Crippen molar-refractivity contribution in [2.75, 3.05) is 13.2 Å². The maximum absolute atomic E-state index is 11.6. The van der Waals surface area contributed by atoms with E-state index in [1.165, 1.54) is 29.3 Å². The SMILES string of the molecule is CC(C)CC(=O)OCCC#Cc1ccc(-c2ccc(CCc3ccc(-c4ccc(C#CCCOC(=O)CC(C)C)s4)s3)s2)s1. The molecular weight excluding hydrogens is 625 g/mol. The van der Waals surface area contributed by atoms with E-state index in [9.17, 15) is 9.59 Å². The Bertz CT molecular complexity index is 1520. The molecule has 0 aromatic carbocycles. The van der Waals surface area contributed by atoms with Gasteiger partial charge in [-0.15, -0.1) is 45.3 Å². The number of carbonyl (C=O) groups is 2. The van der Waals surface area contributed by atoms with Crippen LogP contribution in [-0.4, -0.2) is 25.2 Å². The molecule has 0 saturated carbocycles. The van der Waals surface area contributed by atoms with Gasteiger partial charge in [0.2, 0.25) is 0 Å². The van der Waals surface area contributed by atoms with E-state index >= 15 is 0 Å². The van der Waals surface area contributed by atoms with Crippen LogP contribution >= 0.6 is 45.3 Å². The lowest BCUT2D eigenvalue weighted by Crippen LogP contribution is -2.08. The zero-order chi connectivity index (χ0) is 31.3. The van der Waals surface area contributed by atoms with Crippen molar-refractivity contribution in [2.24, 2.45) is 11.8 Å². The molecule has 4 nitrogen and oxygen atoms in total. The Balaban J connectivity index is 1.21. The summed E-state index contributed by atoms with van der Waals surface area (Å²) in [5, 5.41) is 0. The number of hydrogen-bond donors (Lipinski definition) is 0. The molecule has 44 heavy (non-hydrogen) atoms. The molecule has 230 valence electrons. The highest BCUT2D eigenvalue weighted by Gasteiger charge is 2.10. The molecule has 4 rings (SSSR count). The molecule has 8 heteroatoms. The van der Waals surface area contributed by atoms with Crippen LogP contribution in [0.3, 0.4) is 0 Å². The van der Waals surface area contributed by atoms with E-state index in [0.717, 1.165) is 22.6 Å². The molecule has 0 aliphatic carbocycles. The maximum atomic E-state index is 11.6. The fourth-order valence-electron chi connectivity index (χ4n) is 4.13. The molecule has 0 N–H and O–H groups in total. The molecule has 0 atom stereocenters. The summed E-state index contributed by atoms with van der Waals surface area (Å²) in [6, 6.07) is 17.3. The number of thiophene rings is 4. The van der Waals surface area contributed by atoms with Gasteiger partial charge in [-0.05, 0) is 73.2 Å². The summed E-state index contributed by atoms with van der Waals surface area (Å²) in [4.78, 5) is 33.1. The first-order valence-corrected chi connectivity index (χ1v) is 18.2. The first-order chi connectivity index (χ1) is 21.2. The van der Waals surface area contributed by atoms with Crippen LogP contribution in [0.2, 0.25) is 0 Å². The topological polar surface area (TPSA) is 52.6 Å². The molecule has 4 aromatic heterocycles. The number of carbonyl (C=O) groups excluding carboxylic acids is 2. The minimum absolute atomic E-state index is 0.151. The number of rotatable bonds is 13. The van der Waals surface area contributed by atoms with Crippen LogP contribution in [0.15, 0.2) is 48.5 Å². The van der Waals surface area contributed by atoms with Gasteiger partial charge in [0.15, 0.2) is 0 Å². The fraction of sp³-hybridized carbons (Fsp3) is 0.389. The normalized spacial score (nSPS) is 10.8. The third-order valence-electron chi connectivity index (χ3n) is 6.19. The minimum Gasteiger partial charge on any atom is -0.465 e. The molecule has 0 unspecified atom stereocenters. The van der Waals surface area contributed by atoms with Gasteiger partial charge in [-0.2, -0.15) is 0 Å². The van der Waals surface area contributed by atoms with Crippen LogP contribution in [0.1, 0.15) is 72.9 Å². The van der Waals surface area contributed by atoms with E-state index in [4.69, 9.17) is 9.47 Å². The molecular formula is C36H38O4S4. The number of esters is 2. The second-order valence-electron chi connectivity index (χ2n) is 11.1. The van der Waals surface area contributed by atoms with Gasteiger partial charge in [0.25, 0.3) is 0 Å². The lowest BCUT2D eigenvalue weighted by atomic mass is 10.1. The molecule has 4 aromatic rings. The average molecular weight is 663 g/mol. The molecule has 0 saturated heterocycles. The smallest absolute Gasteiger partial charge is 0.306 e. The van der Waals surface area contributed by atoms with Crippen LogP contribution in [-0.2, 0) is 31.9 Å². The molecule has 0 radical (unpaired) electrons. The molecule has 0 aliphatic rings. The van der Waals surface area contributed by atoms with Crippen molar-refractivity contribution < 1.29 is 19.1 Å². The van der Waals surface area contributed by atoms with Gasteiger partial charge in [0.1, 0.15) is 13.2 Å². The van der Waals surface area contributed by atoms with Gasteiger partial charge in [-0.1, -0.05) is 51.4 Å². The van der Waals surface area contributed by atoms with Crippen molar-refractivity contribution in [3.63, 3.8) is 0 Å². The largest absolute Gasteiger partial charge is 0.465 e. The zero-order valence-corrected chi connectivity index (χ0v) is 29.0. The van der Waals surface area contributed by atoms with E-state index in [2.05, 4.69) is 72.2 Å². The molecule has 0 amide bonds. The highest BCUT2D eigenvalue weighted by molar-refractivity contribution is 7.23. The molecule has 4 heterocycles. The summed E-state index contributed by atoms with van der Waals surface area (Å²) >= 11 is 7.10. The van der Waals surface area contributed by atoms with Crippen molar-refractivity contribution in [3.05, 3.63) is 68.0 Å². The fourth-order valence-corrected chi connectivity index (χ4v) is 8.08. The van der Waals surface area contributed by atoms with Crippen molar-refractivity contribution >= 4 is 57.3 Å². The van der Waals surface area contributed by atoms with Crippen molar-refractivity contribution in [3.8, 4) is 43.2 Å². The number of hydrogen-bond acceptors (Lipinski definition) is 8. The van der Waals surface area contributed by atoms with Gasteiger partial charge >= 0.3 is 11.9 Å². The maximum Gasteiger partial charge on any atom is 0.306 e. The van der Waals surface area contributed by atoms with Crippen molar-refractivity contribution in [1.82, 2.24) is 0 Å². The predicted molar refractivity (Wildman–Crippen MR) is 186 cm³/mol. The molecule has 0 aliphatic heterocycles. The third kappa shape index (κ3) is 11.4. The van der Waals surface area contributed by atoms with Gasteiger partial charge < -0.3 is 9.47 Å². The van der Waals surface area contributed by atoms with Crippen molar-refractivity contribution in [1.29, 1.82) is 0 Å². The van der Waals surface area contributed by atoms with Crippen LogP contribution in [0, 0.1) is 35.5 Å². The van der Waals surface area contributed by atoms with Gasteiger partial charge in [0.05, 0.1) is 9.75 Å². The van der Waals surface area contributed by atoms with E-state index in [1.54, 1.807) is 22.7 Å². The summed E-state index contributed by atoms with van der Waals surface area (Å²) in [7, 11) is 0.